The second kappa shape index (κ2) is 5.41. The monoisotopic (exact) mass is 240 g/mol. The molecule has 0 radical (unpaired) electrons. The van der Waals surface area contributed by atoms with E-state index < -0.39 is 5.97 Å². The quantitative estimate of drug-likeness (QED) is 0.844. The first-order chi connectivity index (χ1) is 7.75. The van der Waals surface area contributed by atoms with Crippen LogP contribution in [0.5, 0.6) is 0 Å². The summed E-state index contributed by atoms with van der Waals surface area (Å²) < 4.78 is 0. The number of nitrogens with zero attached hydrogens (tertiary/aromatic N) is 1. The van der Waals surface area contributed by atoms with Crippen molar-refractivity contribution in [3.63, 3.8) is 0 Å². The Morgan fingerprint density at radius 1 is 1.62 bits per heavy atom. The van der Waals surface area contributed by atoms with Crippen molar-refractivity contribution in [2.24, 2.45) is 0 Å². The zero-order valence-electron chi connectivity index (χ0n) is 9.11. The second-order valence-corrected chi connectivity index (χ2v) is 4.96. The van der Waals surface area contributed by atoms with Crippen molar-refractivity contribution in [2.45, 2.75) is 38.1 Å². The van der Waals surface area contributed by atoms with E-state index in [0.717, 1.165) is 23.7 Å². The lowest BCUT2D eigenvalue weighted by Crippen LogP contribution is -2.26. The van der Waals surface area contributed by atoms with Gasteiger partial charge in [0.2, 0.25) is 0 Å². The van der Waals surface area contributed by atoms with E-state index in [1.54, 1.807) is 11.3 Å². The normalized spacial score (nSPS) is 20.9. The van der Waals surface area contributed by atoms with Crippen LogP contribution in [0.2, 0.25) is 0 Å². The van der Waals surface area contributed by atoms with Crippen LogP contribution in [0.1, 0.15) is 42.4 Å². The summed E-state index contributed by atoms with van der Waals surface area (Å²) in [6.07, 6.45) is 4.35. The highest BCUT2D eigenvalue weighted by atomic mass is 32.1. The largest absolute Gasteiger partial charge is 0.481 e. The number of aryl methyl sites for hydroxylation is 1. The topological polar surface area (TPSA) is 62.2 Å². The molecular weight excluding hydrogens is 224 g/mol. The first-order valence-electron chi connectivity index (χ1n) is 5.65. The molecule has 1 atom stereocenters. The maximum atomic E-state index is 10.4. The summed E-state index contributed by atoms with van der Waals surface area (Å²) in [4.78, 5) is 14.9. The number of hydrogen-bond acceptors (Lipinski definition) is 4. The van der Waals surface area contributed by atoms with Gasteiger partial charge >= 0.3 is 5.97 Å². The third-order valence-electron chi connectivity index (χ3n) is 2.77. The van der Waals surface area contributed by atoms with E-state index in [0.29, 0.717) is 12.5 Å². The summed E-state index contributed by atoms with van der Waals surface area (Å²) in [6, 6.07) is 0.386. The minimum Gasteiger partial charge on any atom is -0.481 e. The van der Waals surface area contributed by atoms with Gasteiger partial charge in [0.05, 0.1) is 18.2 Å². The third-order valence-corrected chi connectivity index (χ3v) is 3.78. The Kier molecular flexibility index (Phi) is 3.90. The molecule has 1 saturated heterocycles. The van der Waals surface area contributed by atoms with Gasteiger partial charge in [-0.15, -0.1) is 11.3 Å². The van der Waals surface area contributed by atoms with Crippen molar-refractivity contribution >= 4 is 17.3 Å². The number of aromatic nitrogens is 1. The standard InChI is InChI=1S/C11H16N2O2S/c14-10(15)5-4-8-7-16-11(13-8)9-3-1-2-6-12-9/h7,9,12H,1-6H2,(H,14,15). The summed E-state index contributed by atoms with van der Waals surface area (Å²) in [5.41, 5.74) is 0.912. The predicted molar refractivity (Wildman–Crippen MR) is 62.7 cm³/mol. The molecule has 0 spiro atoms. The number of piperidine rings is 1. The average molecular weight is 240 g/mol. The minimum atomic E-state index is -0.759. The van der Waals surface area contributed by atoms with Crippen LogP contribution in [0.25, 0.3) is 0 Å². The molecule has 2 N–H and O–H groups in total. The zero-order chi connectivity index (χ0) is 11.4. The molecule has 1 aliphatic heterocycles. The first kappa shape index (κ1) is 11.5. The highest BCUT2D eigenvalue weighted by Gasteiger charge is 2.17. The van der Waals surface area contributed by atoms with Crippen LogP contribution < -0.4 is 5.32 Å². The van der Waals surface area contributed by atoms with Gasteiger partial charge in [0.25, 0.3) is 0 Å². The van der Waals surface area contributed by atoms with Gasteiger partial charge in [-0.1, -0.05) is 6.42 Å². The molecule has 88 valence electrons. The van der Waals surface area contributed by atoms with Gasteiger partial charge in [0, 0.05) is 11.8 Å². The van der Waals surface area contributed by atoms with Gasteiger partial charge in [0.15, 0.2) is 0 Å². The number of hydrogen-bond donors (Lipinski definition) is 2. The van der Waals surface area contributed by atoms with Gasteiger partial charge in [-0.25, -0.2) is 4.98 Å². The molecule has 5 heteroatoms. The van der Waals surface area contributed by atoms with E-state index in [2.05, 4.69) is 10.3 Å². The van der Waals surface area contributed by atoms with Crippen molar-refractivity contribution in [1.82, 2.24) is 10.3 Å². The van der Waals surface area contributed by atoms with Crippen molar-refractivity contribution < 1.29 is 9.90 Å². The smallest absolute Gasteiger partial charge is 0.303 e. The lowest BCUT2D eigenvalue weighted by Gasteiger charge is -2.21. The van der Waals surface area contributed by atoms with E-state index in [9.17, 15) is 4.79 Å². The Bertz CT molecular complexity index is 359. The number of nitrogens with one attached hydrogen (secondary N) is 1. The first-order valence-corrected chi connectivity index (χ1v) is 6.53. The van der Waals surface area contributed by atoms with E-state index >= 15 is 0 Å². The number of rotatable bonds is 4. The number of carbonyl (C=O) groups is 1. The van der Waals surface area contributed by atoms with E-state index in [1.807, 2.05) is 5.38 Å². The molecule has 1 aromatic rings. The van der Waals surface area contributed by atoms with Crippen LogP contribution in [0.3, 0.4) is 0 Å². The Balaban J connectivity index is 1.93. The molecule has 1 fully saturated rings. The molecule has 0 aliphatic carbocycles. The summed E-state index contributed by atoms with van der Waals surface area (Å²) in [6.45, 7) is 1.06. The third kappa shape index (κ3) is 3.02. The Labute approximate surface area is 98.7 Å². The van der Waals surface area contributed by atoms with Crippen LogP contribution in [0.4, 0.5) is 0 Å². The van der Waals surface area contributed by atoms with Crippen LogP contribution in [-0.2, 0) is 11.2 Å². The van der Waals surface area contributed by atoms with Gasteiger partial charge in [-0.3, -0.25) is 4.79 Å². The Hall–Kier alpha value is -0.940. The summed E-state index contributed by atoms with van der Waals surface area (Å²) in [7, 11) is 0. The van der Waals surface area contributed by atoms with Gasteiger partial charge in [-0.05, 0) is 19.4 Å². The molecule has 1 aromatic heterocycles. The fourth-order valence-electron chi connectivity index (χ4n) is 1.90. The minimum absolute atomic E-state index is 0.168. The van der Waals surface area contributed by atoms with Crippen molar-refractivity contribution in [3.05, 3.63) is 16.1 Å². The SMILES string of the molecule is O=C(O)CCc1csc(C2CCCCN2)n1. The summed E-state index contributed by atoms with van der Waals surface area (Å²) >= 11 is 1.64. The molecule has 4 nitrogen and oxygen atoms in total. The maximum absolute atomic E-state index is 10.4. The van der Waals surface area contributed by atoms with Gasteiger partial charge in [0.1, 0.15) is 5.01 Å². The number of carboxylic acid groups (broad SMARTS) is 1. The van der Waals surface area contributed by atoms with Gasteiger partial charge in [-0.2, -0.15) is 0 Å². The van der Waals surface area contributed by atoms with Gasteiger partial charge < -0.3 is 10.4 Å². The van der Waals surface area contributed by atoms with Crippen molar-refractivity contribution in [1.29, 1.82) is 0 Å². The molecule has 0 amide bonds. The van der Waals surface area contributed by atoms with E-state index in [1.165, 1.54) is 12.8 Å². The Morgan fingerprint density at radius 2 is 2.50 bits per heavy atom. The van der Waals surface area contributed by atoms with Crippen LogP contribution >= 0.6 is 11.3 Å². The lowest BCUT2D eigenvalue weighted by atomic mass is 10.1. The number of carboxylic acids is 1. The highest BCUT2D eigenvalue weighted by Crippen LogP contribution is 2.25. The van der Waals surface area contributed by atoms with Crippen LogP contribution in [-0.4, -0.2) is 22.6 Å². The van der Waals surface area contributed by atoms with Crippen molar-refractivity contribution in [3.8, 4) is 0 Å². The second-order valence-electron chi connectivity index (χ2n) is 4.07. The molecule has 2 rings (SSSR count). The summed E-state index contributed by atoms with van der Waals surface area (Å²) in [5, 5.41) is 15.1. The average Bonchev–Trinajstić information content (AvgIpc) is 2.76. The maximum Gasteiger partial charge on any atom is 0.303 e. The highest BCUT2D eigenvalue weighted by molar-refractivity contribution is 7.09. The summed E-state index contributed by atoms with van der Waals surface area (Å²) in [5.74, 6) is -0.759. The zero-order valence-corrected chi connectivity index (χ0v) is 9.92. The van der Waals surface area contributed by atoms with E-state index in [-0.39, 0.29) is 6.42 Å². The molecule has 0 bridgehead atoms. The number of aliphatic carboxylic acids is 1. The molecular formula is C11H16N2O2S. The molecule has 1 unspecified atom stereocenters. The van der Waals surface area contributed by atoms with Crippen LogP contribution in [0.15, 0.2) is 5.38 Å². The lowest BCUT2D eigenvalue weighted by molar-refractivity contribution is -0.136. The molecule has 1 aliphatic rings. The number of thiazole rings is 1. The molecule has 16 heavy (non-hydrogen) atoms. The van der Waals surface area contributed by atoms with Crippen LogP contribution in [0, 0.1) is 0 Å². The predicted octanol–water partition coefficient (Wildman–Crippen LogP) is 1.97. The fourth-order valence-corrected chi connectivity index (χ4v) is 2.86. The fraction of sp³-hybridized carbons (Fsp3) is 0.636. The molecule has 0 aromatic carbocycles. The molecule has 0 saturated carbocycles. The van der Waals surface area contributed by atoms with Crippen molar-refractivity contribution in [2.75, 3.05) is 6.54 Å². The van der Waals surface area contributed by atoms with E-state index in [4.69, 9.17) is 5.11 Å². The molecule has 2 heterocycles. The Morgan fingerprint density at radius 3 is 3.19 bits per heavy atom.